The summed E-state index contributed by atoms with van der Waals surface area (Å²) < 4.78 is 0. The summed E-state index contributed by atoms with van der Waals surface area (Å²) in [7, 11) is 0. The summed E-state index contributed by atoms with van der Waals surface area (Å²) in [5, 5.41) is 3.99. The zero-order valence-corrected chi connectivity index (χ0v) is 12.7. The molecule has 0 atom stereocenters. The highest BCUT2D eigenvalue weighted by Gasteiger charge is 2.48. The van der Waals surface area contributed by atoms with Crippen LogP contribution in [0.25, 0.3) is 0 Å². The smallest absolute Gasteiger partial charge is 0.323 e. The molecule has 0 bridgehead atoms. The van der Waals surface area contributed by atoms with Gasteiger partial charge >= 0.3 is 5.69 Å². The van der Waals surface area contributed by atoms with Crippen molar-refractivity contribution in [3.05, 3.63) is 55.7 Å². The van der Waals surface area contributed by atoms with Crippen LogP contribution in [0.15, 0.2) is 23.0 Å². The summed E-state index contributed by atoms with van der Waals surface area (Å²) in [4.78, 5) is 28.6. The minimum Gasteiger partial charge on any atom is -0.341 e. The van der Waals surface area contributed by atoms with Gasteiger partial charge in [-0.15, -0.1) is 0 Å². The average Bonchev–Trinajstić information content (AvgIpc) is 3.07. The number of carbonyl (C=O) groups excluding carboxylic acids is 1. The van der Waals surface area contributed by atoms with E-state index >= 15 is 0 Å². The molecule has 0 unspecified atom stereocenters. The number of imidazole rings is 1. The molecule has 0 saturated heterocycles. The van der Waals surface area contributed by atoms with Crippen molar-refractivity contribution in [2.75, 3.05) is 0 Å². The summed E-state index contributed by atoms with van der Waals surface area (Å²) in [5.41, 5.74) is 0.510. The Morgan fingerprint density at radius 3 is 2.33 bits per heavy atom. The normalized spacial score (nSPS) is 15.8. The predicted octanol–water partition coefficient (Wildman–Crippen LogP) is 2.74. The second kappa shape index (κ2) is 4.93. The third-order valence-corrected chi connectivity index (χ3v) is 4.32. The summed E-state index contributed by atoms with van der Waals surface area (Å²) in [6.45, 7) is 1.66. The number of benzene rings is 1. The van der Waals surface area contributed by atoms with Gasteiger partial charge in [0, 0.05) is 21.3 Å². The first kappa shape index (κ1) is 14.2. The number of aromatic nitrogens is 2. The van der Waals surface area contributed by atoms with Crippen LogP contribution in [-0.2, 0) is 5.54 Å². The summed E-state index contributed by atoms with van der Waals surface area (Å²) in [5.74, 6) is -0.348. The van der Waals surface area contributed by atoms with Crippen LogP contribution in [-0.4, -0.2) is 15.9 Å². The number of H-pyrrole nitrogens is 2. The first-order valence-electron chi connectivity index (χ1n) is 6.49. The summed E-state index contributed by atoms with van der Waals surface area (Å²) >= 11 is 12.4. The van der Waals surface area contributed by atoms with Crippen molar-refractivity contribution in [1.29, 1.82) is 0 Å². The van der Waals surface area contributed by atoms with Gasteiger partial charge in [-0.2, -0.15) is 0 Å². The number of nitrogens with one attached hydrogen (secondary N) is 3. The van der Waals surface area contributed by atoms with Gasteiger partial charge in [0.15, 0.2) is 0 Å². The number of rotatable bonds is 3. The zero-order chi connectivity index (χ0) is 15.2. The van der Waals surface area contributed by atoms with Gasteiger partial charge < -0.3 is 15.3 Å². The molecule has 5 nitrogen and oxygen atoms in total. The minimum absolute atomic E-state index is 0.231. The number of hydrogen-bond donors (Lipinski definition) is 3. The Morgan fingerprint density at radius 2 is 1.86 bits per heavy atom. The SMILES string of the molecule is Cc1[nH]c(=O)[nH]c1C(=O)NC1(c2c(Cl)cccc2Cl)CC1. The van der Waals surface area contributed by atoms with Crippen molar-refractivity contribution in [3.63, 3.8) is 0 Å². The maximum Gasteiger partial charge on any atom is 0.323 e. The van der Waals surface area contributed by atoms with Gasteiger partial charge in [-0.05, 0) is 31.9 Å². The van der Waals surface area contributed by atoms with Crippen LogP contribution in [0.1, 0.15) is 34.6 Å². The summed E-state index contributed by atoms with van der Waals surface area (Å²) in [6, 6.07) is 5.26. The highest BCUT2D eigenvalue weighted by molar-refractivity contribution is 6.36. The van der Waals surface area contributed by atoms with E-state index in [1.54, 1.807) is 25.1 Å². The monoisotopic (exact) mass is 325 g/mol. The molecular formula is C14H13Cl2N3O2. The van der Waals surface area contributed by atoms with Crippen molar-refractivity contribution >= 4 is 29.1 Å². The summed E-state index contributed by atoms with van der Waals surface area (Å²) in [6.07, 6.45) is 1.52. The van der Waals surface area contributed by atoms with E-state index in [-0.39, 0.29) is 11.6 Å². The van der Waals surface area contributed by atoms with E-state index in [2.05, 4.69) is 15.3 Å². The van der Waals surface area contributed by atoms with Crippen LogP contribution in [0.2, 0.25) is 10.0 Å². The zero-order valence-electron chi connectivity index (χ0n) is 11.2. The number of carbonyl (C=O) groups is 1. The van der Waals surface area contributed by atoms with E-state index in [4.69, 9.17) is 23.2 Å². The van der Waals surface area contributed by atoms with E-state index < -0.39 is 11.2 Å². The fourth-order valence-corrected chi connectivity index (χ4v) is 3.25. The van der Waals surface area contributed by atoms with Gasteiger partial charge in [0.1, 0.15) is 5.69 Å². The van der Waals surface area contributed by atoms with Crippen molar-refractivity contribution in [1.82, 2.24) is 15.3 Å². The first-order valence-corrected chi connectivity index (χ1v) is 7.24. The standard InChI is InChI=1S/C14H13Cl2N3O2/c1-7-11(18-13(21)17-7)12(20)19-14(5-6-14)10-8(15)3-2-4-9(10)16/h2-4H,5-6H2,1H3,(H,19,20)(H2,17,18,21). The van der Waals surface area contributed by atoms with Crippen LogP contribution in [0.4, 0.5) is 0 Å². The van der Waals surface area contributed by atoms with Crippen LogP contribution >= 0.6 is 23.2 Å². The molecule has 3 N–H and O–H groups in total. The molecule has 1 aromatic carbocycles. The van der Waals surface area contributed by atoms with Gasteiger partial charge in [-0.3, -0.25) is 4.79 Å². The largest absolute Gasteiger partial charge is 0.341 e. The van der Waals surface area contributed by atoms with E-state index in [0.29, 0.717) is 15.7 Å². The quantitative estimate of drug-likeness (QED) is 0.811. The van der Waals surface area contributed by atoms with Crippen LogP contribution in [0.3, 0.4) is 0 Å². The Kier molecular flexibility index (Phi) is 3.34. The van der Waals surface area contributed by atoms with E-state index in [1.165, 1.54) is 0 Å². The lowest BCUT2D eigenvalue weighted by molar-refractivity contribution is 0.0925. The number of halogens is 2. The lowest BCUT2D eigenvalue weighted by Crippen LogP contribution is -2.36. The van der Waals surface area contributed by atoms with Crippen molar-refractivity contribution in [2.45, 2.75) is 25.3 Å². The molecular weight excluding hydrogens is 313 g/mol. The molecule has 1 fully saturated rings. The molecule has 21 heavy (non-hydrogen) atoms. The van der Waals surface area contributed by atoms with Gasteiger partial charge in [-0.25, -0.2) is 4.79 Å². The molecule has 3 rings (SSSR count). The average molecular weight is 326 g/mol. The van der Waals surface area contributed by atoms with Gasteiger partial charge in [0.05, 0.1) is 5.54 Å². The molecule has 0 aliphatic heterocycles. The Hall–Kier alpha value is -1.72. The number of amides is 1. The van der Waals surface area contributed by atoms with Crippen LogP contribution < -0.4 is 11.0 Å². The van der Waals surface area contributed by atoms with Crippen molar-refractivity contribution < 1.29 is 4.79 Å². The topological polar surface area (TPSA) is 77.8 Å². The lowest BCUT2D eigenvalue weighted by Gasteiger charge is -2.20. The van der Waals surface area contributed by atoms with Crippen molar-refractivity contribution in [2.24, 2.45) is 0 Å². The van der Waals surface area contributed by atoms with Crippen molar-refractivity contribution in [3.8, 4) is 0 Å². The highest BCUT2D eigenvalue weighted by Crippen LogP contribution is 2.50. The Labute approximate surface area is 130 Å². The molecule has 110 valence electrons. The van der Waals surface area contributed by atoms with Gasteiger partial charge in [0.2, 0.25) is 0 Å². The predicted molar refractivity (Wildman–Crippen MR) is 81.0 cm³/mol. The molecule has 0 radical (unpaired) electrons. The molecule has 1 aliphatic carbocycles. The molecule has 2 aromatic rings. The van der Waals surface area contributed by atoms with Gasteiger partial charge in [0.25, 0.3) is 5.91 Å². The fourth-order valence-electron chi connectivity index (χ4n) is 2.50. The van der Waals surface area contributed by atoms with Crippen LogP contribution in [0.5, 0.6) is 0 Å². The van der Waals surface area contributed by atoms with E-state index in [9.17, 15) is 9.59 Å². The van der Waals surface area contributed by atoms with E-state index in [1.807, 2.05) is 0 Å². The Bertz CT molecular complexity index is 755. The molecule has 1 amide bonds. The molecule has 7 heteroatoms. The maximum absolute atomic E-state index is 12.3. The third kappa shape index (κ3) is 2.47. The molecule has 1 heterocycles. The lowest BCUT2D eigenvalue weighted by atomic mass is 10.0. The Balaban J connectivity index is 1.93. The maximum atomic E-state index is 12.3. The molecule has 1 aromatic heterocycles. The molecule has 1 aliphatic rings. The number of aromatic amines is 2. The number of hydrogen-bond acceptors (Lipinski definition) is 2. The second-order valence-corrected chi connectivity index (χ2v) is 6.03. The van der Waals surface area contributed by atoms with Crippen LogP contribution in [0, 0.1) is 6.92 Å². The molecule has 1 saturated carbocycles. The minimum atomic E-state index is -0.549. The first-order chi connectivity index (χ1) is 9.93. The fraction of sp³-hybridized carbons (Fsp3) is 0.286. The van der Waals surface area contributed by atoms with E-state index in [0.717, 1.165) is 18.4 Å². The third-order valence-electron chi connectivity index (χ3n) is 3.69. The number of aryl methyl sites for hydroxylation is 1. The highest BCUT2D eigenvalue weighted by atomic mass is 35.5. The molecule has 0 spiro atoms. The van der Waals surface area contributed by atoms with Gasteiger partial charge in [-0.1, -0.05) is 29.3 Å². The Morgan fingerprint density at radius 1 is 1.24 bits per heavy atom. The second-order valence-electron chi connectivity index (χ2n) is 5.21.